The zero-order valence-electron chi connectivity index (χ0n) is 34.1. The summed E-state index contributed by atoms with van der Waals surface area (Å²) >= 11 is 6.54. The Morgan fingerprint density at radius 1 is 0.982 bits per heavy atom. The van der Waals surface area contributed by atoms with Crippen molar-refractivity contribution in [3.05, 3.63) is 82.1 Å². The number of rotatable bonds is 8. The predicted octanol–water partition coefficient (Wildman–Crippen LogP) is 6.22. The fourth-order valence-corrected chi connectivity index (χ4v) is 13.9. The van der Waals surface area contributed by atoms with Gasteiger partial charge in [-0.3, -0.25) is 9.47 Å². The zero-order chi connectivity index (χ0) is 40.5. The van der Waals surface area contributed by atoms with Crippen LogP contribution in [-0.2, 0) is 15.7 Å². The Morgan fingerprint density at radius 3 is 2.14 bits per heavy atom. The van der Waals surface area contributed by atoms with Crippen molar-refractivity contribution in [1.82, 2.24) is 24.3 Å². The minimum Gasteiger partial charge on any atom is -0.472 e. The van der Waals surface area contributed by atoms with Crippen molar-refractivity contribution >= 4 is 53.1 Å². The molecule has 2 aromatic heterocycles. The van der Waals surface area contributed by atoms with E-state index in [1.165, 1.54) is 4.57 Å². The molecule has 56 heavy (non-hydrogen) atoms. The number of halogens is 2. The Kier molecular flexibility index (Phi) is 10.3. The van der Waals surface area contributed by atoms with Gasteiger partial charge in [0, 0.05) is 13.1 Å². The largest absolute Gasteiger partial charge is 0.472 e. The smallest absolute Gasteiger partial charge is 0.410 e. The maximum Gasteiger partial charge on any atom is 0.410 e. The second-order valence-electron chi connectivity index (χ2n) is 18.0. The van der Waals surface area contributed by atoms with E-state index in [0.717, 1.165) is 16.8 Å². The van der Waals surface area contributed by atoms with E-state index in [1.807, 2.05) is 99.8 Å². The number of amides is 1. The number of hydrogen-bond donors (Lipinski definition) is 0. The minimum atomic E-state index is -2.99. The Morgan fingerprint density at radius 2 is 1.59 bits per heavy atom. The highest BCUT2D eigenvalue weighted by Gasteiger charge is 2.55. The van der Waals surface area contributed by atoms with Crippen molar-refractivity contribution in [2.75, 3.05) is 32.1 Å². The molecule has 11 nitrogen and oxygen atoms in total. The predicted molar refractivity (Wildman–Crippen MR) is 221 cm³/mol. The van der Waals surface area contributed by atoms with Gasteiger partial charge in [0.25, 0.3) is 8.32 Å². The van der Waals surface area contributed by atoms with E-state index in [9.17, 15) is 9.59 Å². The lowest BCUT2D eigenvalue weighted by atomic mass is 9.98. The van der Waals surface area contributed by atoms with E-state index < -0.39 is 48.3 Å². The van der Waals surface area contributed by atoms with Gasteiger partial charge in [-0.1, -0.05) is 93.0 Å². The van der Waals surface area contributed by atoms with Crippen LogP contribution in [0.15, 0.2) is 65.5 Å². The van der Waals surface area contributed by atoms with E-state index in [1.54, 1.807) is 0 Å². The monoisotopic (exact) mass is 804 g/mol. The molecular formula is C42H54ClFN6O5Si. The van der Waals surface area contributed by atoms with Crippen LogP contribution < -0.4 is 25.7 Å². The number of likely N-dealkylation sites (N-methyl/N-ethyl adjacent to an activating group) is 1. The van der Waals surface area contributed by atoms with Crippen molar-refractivity contribution in [2.45, 2.75) is 115 Å². The van der Waals surface area contributed by atoms with E-state index in [2.05, 4.69) is 50.0 Å². The normalized spacial score (nSPS) is 22.1. The standard InChI is InChI=1S/C42H54ClFN6O5Si/c1-26-33-30-22-21-27(50(30)39(52)55-40(2,3)4)23-48(33)36-31-34(32(44)35(43)45-37(31)54-26)49(38(51)46-36)24-42(8,47(9)10)25-53-56(41(5,6)7,28-17-13-11-14-18-28)29-19-15-12-16-20-29/h11-20,26-27,30,33H,21-25H2,1-10H3/t26-,27+,30-,33+,42?/m0/s1. The molecule has 1 amide bonds. The molecular weight excluding hydrogens is 751 g/mol. The van der Waals surface area contributed by atoms with Crippen LogP contribution in [0.2, 0.25) is 10.2 Å². The lowest BCUT2D eigenvalue weighted by molar-refractivity contribution is 0.000947. The van der Waals surface area contributed by atoms with E-state index in [0.29, 0.717) is 13.0 Å². The van der Waals surface area contributed by atoms with Gasteiger partial charge in [0.2, 0.25) is 5.88 Å². The number of hydrogen-bond acceptors (Lipinski definition) is 9. The third-order valence-corrected chi connectivity index (χ3v) is 17.2. The van der Waals surface area contributed by atoms with E-state index >= 15 is 4.39 Å². The van der Waals surface area contributed by atoms with Gasteiger partial charge in [-0.05, 0) is 77.0 Å². The molecule has 0 spiro atoms. The summed E-state index contributed by atoms with van der Waals surface area (Å²) in [5.74, 6) is -0.450. The first-order chi connectivity index (χ1) is 26.3. The first-order valence-corrected chi connectivity index (χ1v) is 21.7. The second-order valence-corrected chi connectivity index (χ2v) is 22.7. The molecule has 5 heterocycles. The molecule has 2 bridgehead atoms. The number of fused-ring (bicyclic) bond motifs is 5. The van der Waals surface area contributed by atoms with Crippen LogP contribution >= 0.6 is 11.6 Å². The number of pyridine rings is 1. The van der Waals surface area contributed by atoms with Gasteiger partial charge in [0.1, 0.15) is 28.4 Å². The second kappa shape index (κ2) is 14.4. The van der Waals surface area contributed by atoms with Gasteiger partial charge in [-0.15, -0.1) is 0 Å². The topological polar surface area (TPSA) is 102 Å². The van der Waals surface area contributed by atoms with Crippen molar-refractivity contribution in [3.8, 4) is 5.88 Å². The van der Waals surface area contributed by atoms with Crippen LogP contribution in [0.25, 0.3) is 10.9 Å². The van der Waals surface area contributed by atoms with Gasteiger partial charge in [-0.2, -0.15) is 9.97 Å². The quantitative estimate of drug-likeness (QED) is 0.152. The Balaban J connectivity index is 1.32. The summed E-state index contributed by atoms with van der Waals surface area (Å²) in [6.07, 6.45) is 0.550. The summed E-state index contributed by atoms with van der Waals surface area (Å²) in [5.41, 5.74) is -2.17. The molecule has 4 aromatic rings. The molecule has 2 saturated heterocycles. The van der Waals surface area contributed by atoms with Gasteiger partial charge in [-0.25, -0.2) is 14.0 Å². The summed E-state index contributed by atoms with van der Waals surface area (Å²) in [5, 5.41) is 1.84. The number of ether oxygens (including phenoxy) is 2. The fraction of sp³-hybridized carbons (Fsp3) is 0.524. The third kappa shape index (κ3) is 6.77. The fourth-order valence-electron chi connectivity index (χ4n) is 9.00. The molecule has 300 valence electrons. The number of carbonyl (C=O) groups excluding carboxylic acids is 1. The molecule has 2 aromatic carbocycles. The van der Waals surface area contributed by atoms with E-state index in [4.69, 9.17) is 30.5 Å². The molecule has 3 aliphatic heterocycles. The summed E-state index contributed by atoms with van der Waals surface area (Å²) in [7, 11) is 0.878. The third-order valence-electron chi connectivity index (χ3n) is 11.9. The molecule has 3 aliphatic rings. The SMILES string of the molecule is C[C@@H]1Oc2nc(Cl)c(F)c3c2c(nc(=O)n3CC(C)(CO[Si](c2ccccc2)(c2ccccc2)C(C)(C)C)N(C)C)N2C[C@H]3CC[C@@H]([C@@H]12)N3C(=O)OC(C)(C)C. The van der Waals surface area contributed by atoms with Crippen molar-refractivity contribution < 1.29 is 23.1 Å². The zero-order valence-corrected chi connectivity index (χ0v) is 35.9. The van der Waals surface area contributed by atoms with Crippen LogP contribution in [0.1, 0.15) is 68.2 Å². The number of nitrogens with zero attached hydrogens (tertiary/aromatic N) is 6. The number of benzene rings is 2. The van der Waals surface area contributed by atoms with Crippen LogP contribution in [0.3, 0.4) is 0 Å². The van der Waals surface area contributed by atoms with Crippen molar-refractivity contribution in [3.63, 3.8) is 0 Å². The minimum absolute atomic E-state index is 0.0220. The molecule has 0 radical (unpaired) electrons. The number of piperazine rings is 1. The summed E-state index contributed by atoms with van der Waals surface area (Å²) in [4.78, 5) is 43.0. The maximum absolute atomic E-state index is 16.7. The summed E-state index contributed by atoms with van der Waals surface area (Å²) < 4.78 is 37.8. The first kappa shape index (κ1) is 40.2. The highest BCUT2D eigenvalue weighted by Crippen LogP contribution is 2.46. The highest BCUT2D eigenvalue weighted by molar-refractivity contribution is 6.99. The highest BCUT2D eigenvalue weighted by atomic mass is 35.5. The van der Waals surface area contributed by atoms with Gasteiger partial charge in [0.15, 0.2) is 11.0 Å². The van der Waals surface area contributed by atoms with Crippen molar-refractivity contribution in [2.24, 2.45) is 0 Å². The molecule has 2 fully saturated rings. The van der Waals surface area contributed by atoms with Gasteiger partial charge in [0.05, 0.1) is 30.3 Å². The molecule has 7 rings (SSSR count). The van der Waals surface area contributed by atoms with Crippen LogP contribution in [0.5, 0.6) is 5.88 Å². The van der Waals surface area contributed by atoms with E-state index in [-0.39, 0.29) is 59.0 Å². The first-order valence-electron chi connectivity index (χ1n) is 19.4. The molecule has 1 unspecified atom stereocenters. The molecule has 0 aliphatic carbocycles. The molecule has 0 N–H and O–H groups in total. The Bertz CT molecular complexity index is 2140. The van der Waals surface area contributed by atoms with Crippen molar-refractivity contribution in [1.29, 1.82) is 0 Å². The van der Waals surface area contributed by atoms with Gasteiger partial charge < -0.3 is 23.7 Å². The lowest BCUT2D eigenvalue weighted by Gasteiger charge is -2.48. The summed E-state index contributed by atoms with van der Waals surface area (Å²) in [6, 6.07) is 19.8. The molecule has 5 atom stereocenters. The van der Waals surface area contributed by atoms with Crippen LogP contribution in [0.4, 0.5) is 15.0 Å². The van der Waals surface area contributed by atoms with Gasteiger partial charge >= 0.3 is 11.8 Å². The number of anilines is 1. The average Bonchev–Trinajstić information content (AvgIpc) is 3.38. The molecule has 14 heteroatoms. The van der Waals surface area contributed by atoms with Crippen LogP contribution in [-0.4, -0.2) is 101 Å². The lowest BCUT2D eigenvalue weighted by Crippen LogP contribution is -2.68. The Hall–Kier alpha value is -4.04. The number of aromatic nitrogens is 3. The average molecular weight is 805 g/mol. The molecule has 0 saturated carbocycles. The summed E-state index contributed by atoms with van der Waals surface area (Å²) in [6.45, 7) is 16.7. The maximum atomic E-state index is 16.7. The van der Waals surface area contributed by atoms with Crippen LogP contribution in [0, 0.1) is 5.82 Å². The number of carbonyl (C=O) groups is 1. The Labute approximate surface area is 334 Å².